The van der Waals surface area contributed by atoms with Gasteiger partial charge in [0.2, 0.25) is 0 Å². The van der Waals surface area contributed by atoms with Crippen LogP contribution in [0.15, 0.2) is 36.5 Å². The standard InChI is InChI=1S/C16H13ClN2O2/c1-11-6-7-14(13(17)10-11)19-16(21)15-12(5-3-9-20)4-2-8-18-15/h2,4,6-8,10,20H,9H2,1H3,(H,19,21). The molecular weight excluding hydrogens is 288 g/mol. The van der Waals surface area contributed by atoms with Gasteiger partial charge in [-0.1, -0.05) is 29.5 Å². The van der Waals surface area contributed by atoms with Crippen LogP contribution in [0, 0.1) is 18.8 Å². The summed E-state index contributed by atoms with van der Waals surface area (Å²) < 4.78 is 0. The molecule has 0 aliphatic heterocycles. The number of benzene rings is 1. The van der Waals surface area contributed by atoms with Crippen molar-refractivity contribution in [1.29, 1.82) is 0 Å². The number of nitrogens with one attached hydrogen (secondary N) is 1. The molecule has 1 amide bonds. The predicted molar refractivity (Wildman–Crippen MR) is 82.3 cm³/mol. The highest BCUT2D eigenvalue weighted by Crippen LogP contribution is 2.23. The fourth-order valence-corrected chi connectivity index (χ4v) is 2.01. The van der Waals surface area contributed by atoms with E-state index >= 15 is 0 Å². The molecular formula is C16H13ClN2O2. The number of nitrogens with zero attached hydrogens (tertiary/aromatic N) is 1. The lowest BCUT2D eigenvalue weighted by Crippen LogP contribution is -2.15. The van der Waals surface area contributed by atoms with Crippen molar-refractivity contribution in [3.8, 4) is 11.8 Å². The zero-order chi connectivity index (χ0) is 15.2. The van der Waals surface area contributed by atoms with Crippen LogP contribution in [0.1, 0.15) is 21.6 Å². The maximum atomic E-state index is 12.3. The monoisotopic (exact) mass is 300 g/mol. The van der Waals surface area contributed by atoms with Crippen LogP contribution in [0.3, 0.4) is 0 Å². The van der Waals surface area contributed by atoms with Gasteiger partial charge in [-0.25, -0.2) is 4.98 Å². The summed E-state index contributed by atoms with van der Waals surface area (Å²) in [6.45, 7) is 1.64. The number of aromatic nitrogens is 1. The Morgan fingerprint density at radius 3 is 2.95 bits per heavy atom. The zero-order valence-corrected chi connectivity index (χ0v) is 12.1. The van der Waals surface area contributed by atoms with E-state index in [-0.39, 0.29) is 12.3 Å². The molecule has 0 atom stereocenters. The van der Waals surface area contributed by atoms with E-state index in [1.54, 1.807) is 24.3 Å². The van der Waals surface area contributed by atoms with Crippen molar-refractivity contribution in [2.75, 3.05) is 11.9 Å². The van der Waals surface area contributed by atoms with Gasteiger partial charge < -0.3 is 10.4 Å². The van der Waals surface area contributed by atoms with Gasteiger partial charge in [0.25, 0.3) is 5.91 Å². The number of carbonyl (C=O) groups is 1. The summed E-state index contributed by atoms with van der Waals surface area (Å²) in [7, 11) is 0. The third-order valence-electron chi connectivity index (χ3n) is 2.70. The Morgan fingerprint density at radius 1 is 1.43 bits per heavy atom. The number of aliphatic hydroxyl groups is 1. The van der Waals surface area contributed by atoms with E-state index in [9.17, 15) is 4.79 Å². The third-order valence-corrected chi connectivity index (χ3v) is 3.01. The van der Waals surface area contributed by atoms with Crippen molar-refractivity contribution in [2.45, 2.75) is 6.92 Å². The average Bonchev–Trinajstić information content (AvgIpc) is 2.48. The fourth-order valence-electron chi connectivity index (χ4n) is 1.72. The van der Waals surface area contributed by atoms with Crippen LogP contribution in [0.5, 0.6) is 0 Å². The summed E-state index contributed by atoms with van der Waals surface area (Å²) in [5.74, 6) is 4.80. The molecule has 0 bridgehead atoms. The molecule has 0 spiro atoms. The predicted octanol–water partition coefficient (Wildman–Crippen LogP) is 2.64. The van der Waals surface area contributed by atoms with Gasteiger partial charge in [-0.2, -0.15) is 0 Å². The van der Waals surface area contributed by atoms with E-state index in [2.05, 4.69) is 22.1 Å². The molecule has 1 aromatic carbocycles. The van der Waals surface area contributed by atoms with Crippen LogP contribution in [0.4, 0.5) is 5.69 Å². The number of aliphatic hydroxyl groups excluding tert-OH is 1. The average molecular weight is 301 g/mol. The van der Waals surface area contributed by atoms with Crippen LogP contribution in [0.25, 0.3) is 0 Å². The molecule has 21 heavy (non-hydrogen) atoms. The molecule has 0 radical (unpaired) electrons. The highest BCUT2D eigenvalue weighted by molar-refractivity contribution is 6.34. The number of pyridine rings is 1. The summed E-state index contributed by atoms with van der Waals surface area (Å²) in [6, 6.07) is 8.70. The number of amides is 1. The van der Waals surface area contributed by atoms with Crippen LogP contribution in [-0.2, 0) is 0 Å². The Bertz CT molecular complexity index is 733. The van der Waals surface area contributed by atoms with Crippen molar-refractivity contribution in [3.05, 3.63) is 58.4 Å². The van der Waals surface area contributed by atoms with E-state index < -0.39 is 5.91 Å². The normalized spacial score (nSPS) is 9.67. The number of hydrogen-bond acceptors (Lipinski definition) is 3. The minimum atomic E-state index is -0.399. The van der Waals surface area contributed by atoms with Crippen molar-refractivity contribution in [3.63, 3.8) is 0 Å². The summed E-state index contributed by atoms with van der Waals surface area (Å²) in [5.41, 5.74) is 2.16. The van der Waals surface area contributed by atoms with Gasteiger partial charge in [0, 0.05) is 6.20 Å². The molecule has 0 aliphatic carbocycles. The fraction of sp³-hybridized carbons (Fsp3) is 0.125. The summed E-state index contributed by atoms with van der Waals surface area (Å²) >= 11 is 6.09. The van der Waals surface area contributed by atoms with E-state index in [0.717, 1.165) is 5.56 Å². The van der Waals surface area contributed by atoms with Crippen LogP contribution in [-0.4, -0.2) is 22.6 Å². The van der Waals surface area contributed by atoms with Gasteiger partial charge >= 0.3 is 0 Å². The van der Waals surface area contributed by atoms with Crippen molar-refractivity contribution in [1.82, 2.24) is 4.98 Å². The SMILES string of the molecule is Cc1ccc(NC(=O)c2ncccc2C#CCO)c(Cl)c1. The van der Waals surface area contributed by atoms with Gasteiger partial charge in [-0.3, -0.25) is 4.79 Å². The molecule has 4 nitrogen and oxygen atoms in total. The molecule has 1 aromatic heterocycles. The molecule has 0 saturated carbocycles. The van der Waals surface area contributed by atoms with Crippen LogP contribution >= 0.6 is 11.6 Å². The lowest BCUT2D eigenvalue weighted by Gasteiger charge is -2.08. The molecule has 0 aliphatic rings. The van der Waals surface area contributed by atoms with Gasteiger partial charge in [0.05, 0.1) is 16.3 Å². The van der Waals surface area contributed by atoms with Crippen LogP contribution < -0.4 is 5.32 Å². The third kappa shape index (κ3) is 3.82. The van der Waals surface area contributed by atoms with E-state index in [0.29, 0.717) is 16.3 Å². The number of halogens is 1. The summed E-state index contributed by atoms with van der Waals surface area (Å²) in [5, 5.41) is 11.9. The van der Waals surface area contributed by atoms with E-state index in [1.165, 1.54) is 6.20 Å². The Labute approximate surface area is 127 Å². The minimum Gasteiger partial charge on any atom is -0.384 e. The number of rotatable bonds is 2. The van der Waals surface area contributed by atoms with E-state index in [4.69, 9.17) is 16.7 Å². The topological polar surface area (TPSA) is 62.2 Å². The first kappa shape index (κ1) is 15.0. The molecule has 106 valence electrons. The molecule has 1 heterocycles. The van der Waals surface area contributed by atoms with Crippen molar-refractivity contribution < 1.29 is 9.90 Å². The lowest BCUT2D eigenvalue weighted by molar-refractivity contribution is 0.102. The number of carbonyl (C=O) groups excluding carboxylic acids is 1. The number of anilines is 1. The summed E-state index contributed by atoms with van der Waals surface area (Å²) in [4.78, 5) is 16.3. The van der Waals surface area contributed by atoms with Crippen molar-refractivity contribution in [2.24, 2.45) is 0 Å². The molecule has 2 rings (SSSR count). The Kier molecular flexibility index (Phi) is 4.94. The first-order valence-corrected chi connectivity index (χ1v) is 6.62. The van der Waals surface area contributed by atoms with Gasteiger partial charge in [-0.05, 0) is 36.8 Å². The number of aryl methyl sites for hydroxylation is 1. The van der Waals surface area contributed by atoms with Crippen LogP contribution in [0.2, 0.25) is 5.02 Å². The summed E-state index contributed by atoms with van der Waals surface area (Å²) in [6.07, 6.45) is 1.51. The Balaban J connectivity index is 2.28. The minimum absolute atomic E-state index is 0.190. The first-order chi connectivity index (χ1) is 10.1. The Morgan fingerprint density at radius 2 is 2.24 bits per heavy atom. The second-order valence-corrected chi connectivity index (χ2v) is 4.70. The van der Waals surface area contributed by atoms with Gasteiger partial charge in [0.1, 0.15) is 12.3 Å². The van der Waals surface area contributed by atoms with Gasteiger partial charge in [-0.15, -0.1) is 0 Å². The molecule has 2 N–H and O–H groups in total. The Hall–Kier alpha value is -2.35. The lowest BCUT2D eigenvalue weighted by atomic mass is 10.1. The first-order valence-electron chi connectivity index (χ1n) is 6.24. The smallest absolute Gasteiger partial charge is 0.275 e. The molecule has 5 heteroatoms. The molecule has 0 saturated heterocycles. The highest BCUT2D eigenvalue weighted by Gasteiger charge is 2.13. The molecule has 0 fully saturated rings. The van der Waals surface area contributed by atoms with Gasteiger partial charge in [0.15, 0.2) is 0 Å². The highest BCUT2D eigenvalue weighted by atomic mass is 35.5. The maximum Gasteiger partial charge on any atom is 0.275 e. The quantitative estimate of drug-likeness (QED) is 0.838. The molecule has 2 aromatic rings. The maximum absolute atomic E-state index is 12.3. The van der Waals surface area contributed by atoms with Crippen molar-refractivity contribution >= 4 is 23.2 Å². The largest absolute Gasteiger partial charge is 0.384 e. The second kappa shape index (κ2) is 6.89. The van der Waals surface area contributed by atoms with E-state index in [1.807, 2.05) is 13.0 Å². The zero-order valence-electron chi connectivity index (χ0n) is 11.4. The number of hydrogen-bond donors (Lipinski definition) is 2. The molecule has 0 unspecified atom stereocenters. The second-order valence-electron chi connectivity index (χ2n) is 4.30.